The standard InChI is InChI=1S/C9H14ClN5O3S/c1-7(10)8(16)14-2-4-15(5-3-14)19(17,18)9-11-6-12-13-9/h6-7H,2-5H2,1H3,(H,11,12,13). The van der Waals surface area contributed by atoms with Crippen LogP contribution in [0.5, 0.6) is 0 Å². The lowest BCUT2D eigenvalue weighted by atomic mass is 10.3. The number of amides is 1. The Balaban J connectivity index is 2.03. The molecule has 0 aliphatic carbocycles. The van der Waals surface area contributed by atoms with Gasteiger partial charge in [0.1, 0.15) is 11.7 Å². The second-order valence-corrected chi connectivity index (χ2v) is 6.64. The lowest BCUT2D eigenvalue weighted by Crippen LogP contribution is -2.52. The van der Waals surface area contributed by atoms with Crippen LogP contribution in [0.4, 0.5) is 0 Å². The molecule has 0 radical (unpaired) electrons. The van der Waals surface area contributed by atoms with Gasteiger partial charge in [-0.15, -0.1) is 11.6 Å². The summed E-state index contributed by atoms with van der Waals surface area (Å²) in [5.74, 6) is -0.182. The predicted octanol–water partition coefficient (Wildman–Crippen LogP) is -0.735. The number of aromatic amines is 1. The van der Waals surface area contributed by atoms with Gasteiger partial charge in [0.25, 0.3) is 15.2 Å². The summed E-state index contributed by atoms with van der Waals surface area (Å²) in [7, 11) is -3.65. The maximum absolute atomic E-state index is 12.1. The highest BCUT2D eigenvalue weighted by Crippen LogP contribution is 2.14. The smallest absolute Gasteiger partial charge is 0.278 e. The van der Waals surface area contributed by atoms with Crippen LogP contribution in [-0.2, 0) is 14.8 Å². The van der Waals surface area contributed by atoms with E-state index >= 15 is 0 Å². The summed E-state index contributed by atoms with van der Waals surface area (Å²) < 4.78 is 25.5. The molecule has 1 amide bonds. The summed E-state index contributed by atoms with van der Waals surface area (Å²) in [6.07, 6.45) is 1.14. The Bertz CT molecular complexity index is 536. The quantitative estimate of drug-likeness (QED) is 0.742. The summed E-state index contributed by atoms with van der Waals surface area (Å²) in [4.78, 5) is 16.9. The van der Waals surface area contributed by atoms with Gasteiger partial charge in [-0.3, -0.25) is 4.79 Å². The molecule has 1 aromatic rings. The van der Waals surface area contributed by atoms with E-state index in [0.717, 1.165) is 6.33 Å². The van der Waals surface area contributed by atoms with Crippen LogP contribution in [0.3, 0.4) is 0 Å². The Morgan fingerprint density at radius 1 is 1.42 bits per heavy atom. The fraction of sp³-hybridized carbons (Fsp3) is 0.667. The van der Waals surface area contributed by atoms with Gasteiger partial charge in [-0.05, 0) is 6.92 Å². The van der Waals surface area contributed by atoms with E-state index in [9.17, 15) is 13.2 Å². The summed E-state index contributed by atoms with van der Waals surface area (Å²) in [5, 5.41) is 5.08. The molecule has 1 N–H and O–H groups in total. The van der Waals surface area contributed by atoms with Gasteiger partial charge in [0.15, 0.2) is 0 Å². The number of hydrogen-bond acceptors (Lipinski definition) is 5. The maximum atomic E-state index is 12.1. The number of alkyl halides is 1. The summed E-state index contributed by atoms with van der Waals surface area (Å²) in [6, 6.07) is 0. The zero-order valence-corrected chi connectivity index (χ0v) is 11.9. The predicted molar refractivity (Wildman–Crippen MR) is 67.0 cm³/mol. The largest absolute Gasteiger partial charge is 0.339 e. The molecule has 106 valence electrons. The zero-order valence-electron chi connectivity index (χ0n) is 10.3. The Labute approximate surface area is 115 Å². The third-order valence-electron chi connectivity index (χ3n) is 2.87. The van der Waals surface area contributed by atoms with Crippen LogP contribution in [-0.4, -0.2) is 70.3 Å². The maximum Gasteiger partial charge on any atom is 0.278 e. The molecular weight excluding hydrogens is 294 g/mol. The van der Waals surface area contributed by atoms with E-state index < -0.39 is 15.4 Å². The molecule has 1 aromatic heterocycles. The van der Waals surface area contributed by atoms with Crippen LogP contribution in [0, 0.1) is 0 Å². The molecule has 2 heterocycles. The summed E-state index contributed by atoms with van der Waals surface area (Å²) in [6.45, 7) is 2.69. The van der Waals surface area contributed by atoms with Crippen molar-refractivity contribution in [3.63, 3.8) is 0 Å². The van der Waals surface area contributed by atoms with Gasteiger partial charge in [-0.2, -0.15) is 9.40 Å². The van der Waals surface area contributed by atoms with Crippen LogP contribution in [0.2, 0.25) is 0 Å². The first-order valence-electron chi connectivity index (χ1n) is 5.71. The van der Waals surface area contributed by atoms with Crippen LogP contribution >= 0.6 is 11.6 Å². The molecule has 8 nitrogen and oxygen atoms in total. The molecule has 1 aliphatic heterocycles. The number of sulfonamides is 1. The minimum atomic E-state index is -3.65. The van der Waals surface area contributed by atoms with Crippen molar-refractivity contribution in [2.75, 3.05) is 26.2 Å². The molecule has 0 aromatic carbocycles. The molecular formula is C9H14ClN5O3S. The molecule has 1 saturated heterocycles. The minimum absolute atomic E-state index is 0.182. The number of aromatic nitrogens is 3. The Kier molecular flexibility index (Phi) is 4.07. The third-order valence-corrected chi connectivity index (χ3v) is 4.78. The van der Waals surface area contributed by atoms with E-state index in [0.29, 0.717) is 13.1 Å². The number of carbonyl (C=O) groups is 1. The second kappa shape index (κ2) is 5.43. The first-order valence-corrected chi connectivity index (χ1v) is 7.59. The van der Waals surface area contributed by atoms with Crippen molar-refractivity contribution in [2.45, 2.75) is 17.5 Å². The van der Waals surface area contributed by atoms with E-state index in [-0.39, 0.29) is 24.2 Å². The van der Waals surface area contributed by atoms with Gasteiger partial charge >= 0.3 is 0 Å². The molecule has 0 saturated carbocycles. The van der Waals surface area contributed by atoms with E-state index in [1.807, 2.05) is 0 Å². The van der Waals surface area contributed by atoms with Gasteiger partial charge in [0.2, 0.25) is 5.91 Å². The fourth-order valence-electron chi connectivity index (χ4n) is 1.84. The lowest BCUT2D eigenvalue weighted by molar-refractivity contribution is -0.131. The van der Waals surface area contributed by atoms with Gasteiger partial charge in [-0.25, -0.2) is 18.5 Å². The van der Waals surface area contributed by atoms with E-state index in [1.165, 1.54) is 4.31 Å². The molecule has 1 atom stereocenters. The molecule has 1 fully saturated rings. The zero-order chi connectivity index (χ0) is 14.0. The first kappa shape index (κ1) is 14.2. The number of halogens is 1. The summed E-state index contributed by atoms with van der Waals surface area (Å²) >= 11 is 5.72. The van der Waals surface area contributed by atoms with Crippen LogP contribution < -0.4 is 0 Å². The number of H-pyrrole nitrogens is 1. The topological polar surface area (TPSA) is 99.3 Å². The minimum Gasteiger partial charge on any atom is -0.339 e. The number of nitrogens with one attached hydrogen (secondary N) is 1. The number of nitrogens with zero attached hydrogens (tertiary/aromatic N) is 4. The number of carbonyl (C=O) groups excluding carboxylic acids is 1. The van der Waals surface area contributed by atoms with Gasteiger partial charge < -0.3 is 4.90 Å². The highest BCUT2D eigenvalue weighted by molar-refractivity contribution is 7.88. The van der Waals surface area contributed by atoms with Crippen molar-refractivity contribution in [2.24, 2.45) is 0 Å². The van der Waals surface area contributed by atoms with Gasteiger partial charge in [-0.1, -0.05) is 0 Å². The van der Waals surface area contributed by atoms with Crippen molar-refractivity contribution < 1.29 is 13.2 Å². The highest BCUT2D eigenvalue weighted by atomic mass is 35.5. The van der Waals surface area contributed by atoms with Gasteiger partial charge in [0, 0.05) is 26.2 Å². The molecule has 2 rings (SSSR count). The number of piperazine rings is 1. The Hall–Kier alpha value is -1.19. The molecule has 0 bridgehead atoms. The van der Waals surface area contributed by atoms with E-state index in [2.05, 4.69) is 15.2 Å². The van der Waals surface area contributed by atoms with Crippen LogP contribution in [0.15, 0.2) is 11.5 Å². The molecule has 10 heteroatoms. The van der Waals surface area contributed by atoms with Crippen molar-refractivity contribution in [3.8, 4) is 0 Å². The van der Waals surface area contributed by atoms with Crippen molar-refractivity contribution in [1.29, 1.82) is 0 Å². The molecule has 0 spiro atoms. The average Bonchev–Trinajstić information content (AvgIpc) is 2.92. The normalized spacial score (nSPS) is 19.4. The Morgan fingerprint density at radius 3 is 2.53 bits per heavy atom. The van der Waals surface area contributed by atoms with Crippen molar-refractivity contribution in [1.82, 2.24) is 24.4 Å². The fourth-order valence-corrected chi connectivity index (χ4v) is 3.22. The van der Waals surface area contributed by atoms with Gasteiger partial charge in [0.05, 0.1) is 0 Å². The monoisotopic (exact) mass is 307 g/mol. The number of hydrogen-bond donors (Lipinski definition) is 1. The van der Waals surface area contributed by atoms with Crippen molar-refractivity contribution in [3.05, 3.63) is 6.33 Å². The van der Waals surface area contributed by atoms with Crippen LogP contribution in [0.1, 0.15) is 6.92 Å². The van der Waals surface area contributed by atoms with E-state index in [1.54, 1.807) is 11.8 Å². The molecule has 19 heavy (non-hydrogen) atoms. The summed E-state index contributed by atoms with van der Waals surface area (Å²) in [5.41, 5.74) is 0. The molecule has 1 unspecified atom stereocenters. The van der Waals surface area contributed by atoms with E-state index in [4.69, 9.17) is 11.6 Å². The second-order valence-electron chi connectivity index (χ2n) is 4.14. The average molecular weight is 308 g/mol. The lowest BCUT2D eigenvalue weighted by Gasteiger charge is -2.33. The third kappa shape index (κ3) is 2.88. The first-order chi connectivity index (χ1) is 8.93. The van der Waals surface area contributed by atoms with Crippen molar-refractivity contribution >= 4 is 27.5 Å². The number of rotatable bonds is 3. The Morgan fingerprint density at radius 2 is 2.05 bits per heavy atom. The van der Waals surface area contributed by atoms with Crippen LogP contribution in [0.25, 0.3) is 0 Å². The highest BCUT2D eigenvalue weighted by Gasteiger charge is 2.32. The molecule has 1 aliphatic rings. The SMILES string of the molecule is CC(Cl)C(=O)N1CCN(S(=O)(=O)c2ncn[nH]2)CC1.